The molecule has 1 aromatic carbocycles. The average Bonchev–Trinajstić information content (AvgIpc) is 3.16. The summed E-state index contributed by atoms with van der Waals surface area (Å²) in [5.41, 5.74) is 2.28. The fraction of sp³-hybridized carbons (Fsp3) is 0.476. The van der Waals surface area contributed by atoms with Crippen LogP contribution < -0.4 is 10.2 Å². The monoisotopic (exact) mass is 398 g/mol. The number of amides is 2. The van der Waals surface area contributed by atoms with Gasteiger partial charge in [0.05, 0.1) is 5.69 Å². The van der Waals surface area contributed by atoms with E-state index in [1.165, 1.54) is 4.88 Å². The van der Waals surface area contributed by atoms with Gasteiger partial charge in [-0.3, -0.25) is 9.59 Å². The number of nitrogens with one attached hydrogen (secondary N) is 1. The molecule has 0 bridgehead atoms. The van der Waals surface area contributed by atoms with E-state index in [4.69, 9.17) is 4.98 Å². The fourth-order valence-electron chi connectivity index (χ4n) is 3.86. The second-order valence-corrected chi connectivity index (χ2v) is 8.56. The van der Waals surface area contributed by atoms with Crippen molar-refractivity contribution >= 4 is 28.3 Å². The predicted molar refractivity (Wildman–Crippen MR) is 110 cm³/mol. The normalized spacial score (nSPS) is 19.2. The molecule has 0 unspecified atom stereocenters. The number of benzene rings is 1. The molecule has 1 N–H and O–H groups in total. The number of anilines is 1. The Kier molecular flexibility index (Phi) is 5.62. The van der Waals surface area contributed by atoms with Gasteiger partial charge < -0.3 is 15.1 Å². The maximum Gasteiger partial charge on any atom is 0.223 e. The molecule has 2 heterocycles. The largest absolute Gasteiger partial charge is 0.352 e. The molecule has 2 aliphatic rings. The lowest BCUT2D eigenvalue weighted by atomic mass is 9.90. The molecule has 2 aromatic rings. The van der Waals surface area contributed by atoms with Gasteiger partial charge in [0.15, 0.2) is 5.13 Å². The maximum absolute atomic E-state index is 12.6. The number of hydrogen-bond acceptors (Lipinski definition) is 5. The van der Waals surface area contributed by atoms with Crippen molar-refractivity contribution in [3.63, 3.8) is 0 Å². The van der Waals surface area contributed by atoms with Gasteiger partial charge in [-0.05, 0) is 24.8 Å². The highest BCUT2D eigenvalue weighted by molar-refractivity contribution is 7.15. The summed E-state index contributed by atoms with van der Waals surface area (Å²) >= 11 is 1.72. The molecule has 4 rings (SSSR count). The third kappa shape index (κ3) is 4.19. The molecule has 0 spiro atoms. The summed E-state index contributed by atoms with van der Waals surface area (Å²) in [7, 11) is 0. The first kappa shape index (κ1) is 18.9. The van der Waals surface area contributed by atoms with Gasteiger partial charge in [-0.25, -0.2) is 4.98 Å². The summed E-state index contributed by atoms with van der Waals surface area (Å²) in [5, 5.41) is 4.12. The highest BCUT2D eigenvalue weighted by Gasteiger charge is 2.29. The first-order valence-corrected chi connectivity index (χ1v) is 10.7. The number of hydrogen-bond donors (Lipinski definition) is 1. The zero-order chi connectivity index (χ0) is 19.5. The highest BCUT2D eigenvalue weighted by Crippen LogP contribution is 2.34. The highest BCUT2D eigenvalue weighted by atomic mass is 32.1. The minimum absolute atomic E-state index is 0.0269. The van der Waals surface area contributed by atoms with E-state index < -0.39 is 0 Å². The topological polar surface area (TPSA) is 65.5 Å². The number of fused-ring (bicyclic) bond motifs is 1. The van der Waals surface area contributed by atoms with Crippen LogP contribution in [0.1, 0.15) is 29.5 Å². The van der Waals surface area contributed by atoms with E-state index >= 15 is 0 Å². The van der Waals surface area contributed by atoms with Crippen molar-refractivity contribution in [1.82, 2.24) is 15.2 Å². The van der Waals surface area contributed by atoms with Crippen LogP contribution in [-0.4, -0.2) is 47.9 Å². The van der Waals surface area contributed by atoms with Crippen molar-refractivity contribution < 1.29 is 9.59 Å². The van der Waals surface area contributed by atoms with Crippen molar-refractivity contribution in [3.8, 4) is 0 Å². The summed E-state index contributed by atoms with van der Waals surface area (Å²) in [5.74, 6) is 0.307. The smallest absolute Gasteiger partial charge is 0.223 e. The summed E-state index contributed by atoms with van der Waals surface area (Å²) in [4.78, 5) is 34.4. The first-order valence-electron chi connectivity index (χ1n) is 9.91. The number of carbonyl (C=O) groups excluding carboxylic acids is 2. The van der Waals surface area contributed by atoms with Gasteiger partial charge in [-0.1, -0.05) is 30.3 Å². The van der Waals surface area contributed by atoms with Gasteiger partial charge in [-0.15, -0.1) is 11.3 Å². The van der Waals surface area contributed by atoms with Crippen LogP contribution in [0.4, 0.5) is 5.13 Å². The van der Waals surface area contributed by atoms with Crippen molar-refractivity contribution in [2.24, 2.45) is 5.92 Å². The molecule has 1 atom stereocenters. The molecule has 28 heavy (non-hydrogen) atoms. The molecular weight excluding hydrogens is 372 g/mol. The van der Waals surface area contributed by atoms with Crippen LogP contribution in [0.2, 0.25) is 0 Å². The number of aromatic nitrogens is 1. The van der Waals surface area contributed by atoms with E-state index in [0.717, 1.165) is 61.8 Å². The van der Waals surface area contributed by atoms with Crippen LogP contribution in [0.15, 0.2) is 30.3 Å². The molecule has 1 fully saturated rings. The molecule has 6 nitrogen and oxygen atoms in total. The molecule has 2 amide bonds. The predicted octanol–water partition coefficient (Wildman–Crippen LogP) is 2.23. The maximum atomic E-state index is 12.6. The number of piperazine rings is 1. The van der Waals surface area contributed by atoms with E-state index in [1.807, 2.05) is 35.2 Å². The van der Waals surface area contributed by atoms with Gasteiger partial charge in [0.2, 0.25) is 11.8 Å². The van der Waals surface area contributed by atoms with Crippen molar-refractivity contribution in [2.75, 3.05) is 31.1 Å². The van der Waals surface area contributed by atoms with Crippen LogP contribution in [0, 0.1) is 5.92 Å². The number of rotatable bonds is 4. The summed E-state index contributed by atoms with van der Waals surface area (Å²) in [6.07, 6.45) is 2.50. The van der Waals surface area contributed by atoms with Crippen LogP contribution >= 0.6 is 11.3 Å². The van der Waals surface area contributed by atoms with Crippen LogP contribution in [-0.2, 0) is 29.0 Å². The SMILES string of the molecule is CC(=O)N1CCN(c2nc3c(s2)C[C@H](C(=O)NCc2ccccc2)CC3)CC1. The van der Waals surface area contributed by atoms with Crippen LogP contribution in [0.25, 0.3) is 0 Å². The lowest BCUT2D eigenvalue weighted by molar-refractivity contribution is -0.129. The van der Waals surface area contributed by atoms with Crippen LogP contribution in [0.3, 0.4) is 0 Å². The summed E-state index contributed by atoms with van der Waals surface area (Å²) < 4.78 is 0. The number of nitrogens with zero attached hydrogens (tertiary/aromatic N) is 3. The molecular formula is C21H26N4O2S. The number of aryl methyl sites for hydroxylation is 1. The minimum atomic E-state index is 0.0269. The van der Waals surface area contributed by atoms with E-state index in [-0.39, 0.29) is 17.7 Å². The second kappa shape index (κ2) is 8.31. The van der Waals surface area contributed by atoms with E-state index in [2.05, 4.69) is 10.2 Å². The Morgan fingerprint density at radius 3 is 2.64 bits per heavy atom. The van der Waals surface area contributed by atoms with E-state index in [9.17, 15) is 9.59 Å². The van der Waals surface area contributed by atoms with Gasteiger partial charge in [0.25, 0.3) is 0 Å². The summed E-state index contributed by atoms with van der Waals surface area (Å²) in [6.45, 7) is 5.37. The van der Waals surface area contributed by atoms with Crippen LogP contribution in [0.5, 0.6) is 0 Å². The molecule has 1 aliphatic heterocycles. The standard InChI is InChI=1S/C21H26N4O2S/c1-15(26)24-9-11-25(12-10-24)21-23-18-8-7-17(13-19(18)28-21)20(27)22-14-16-5-3-2-4-6-16/h2-6,17H,7-14H2,1H3,(H,22,27)/t17-/m1/s1. The lowest BCUT2D eigenvalue weighted by Crippen LogP contribution is -2.48. The van der Waals surface area contributed by atoms with Gasteiger partial charge in [0, 0.05) is 50.4 Å². The van der Waals surface area contributed by atoms with Crippen molar-refractivity contribution in [2.45, 2.75) is 32.7 Å². The Morgan fingerprint density at radius 1 is 1.18 bits per heavy atom. The van der Waals surface area contributed by atoms with E-state index in [1.54, 1.807) is 18.3 Å². The van der Waals surface area contributed by atoms with Crippen molar-refractivity contribution in [1.29, 1.82) is 0 Å². The fourth-order valence-corrected chi connectivity index (χ4v) is 5.10. The summed E-state index contributed by atoms with van der Waals surface area (Å²) in [6, 6.07) is 10.0. The molecule has 1 aliphatic carbocycles. The Bertz CT molecular complexity index is 843. The Hall–Kier alpha value is -2.41. The van der Waals surface area contributed by atoms with Crippen molar-refractivity contribution in [3.05, 3.63) is 46.5 Å². The number of thiazole rings is 1. The number of carbonyl (C=O) groups is 2. The second-order valence-electron chi connectivity index (χ2n) is 7.50. The minimum Gasteiger partial charge on any atom is -0.352 e. The van der Waals surface area contributed by atoms with Gasteiger partial charge in [-0.2, -0.15) is 0 Å². The Labute approximate surface area is 169 Å². The third-order valence-corrected chi connectivity index (χ3v) is 6.78. The third-order valence-electron chi connectivity index (χ3n) is 5.60. The molecule has 1 aromatic heterocycles. The average molecular weight is 399 g/mol. The first-order chi connectivity index (χ1) is 13.6. The Balaban J connectivity index is 1.34. The molecule has 1 saturated heterocycles. The quantitative estimate of drug-likeness (QED) is 0.858. The van der Waals surface area contributed by atoms with Gasteiger partial charge >= 0.3 is 0 Å². The zero-order valence-electron chi connectivity index (χ0n) is 16.2. The van der Waals surface area contributed by atoms with Gasteiger partial charge in [0.1, 0.15) is 0 Å². The molecule has 7 heteroatoms. The lowest BCUT2D eigenvalue weighted by Gasteiger charge is -2.33. The zero-order valence-corrected chi connectivity index (χ0v) is 17.0. The van der Waals surface area contributed by atoms with E-state index in [0.29, 0.717) is 6.54 Å². The molecule has 148 valence electrons. The molecule has 0 radical (unpaired) electrons. The Morgan fingerprint density at radius 2 is 1.93 bits per heavy atom. The molecule has 0 saturated carbocycles.